The van der Waals surface area contributed by atoms with Gasteiger partial charge in [0.1, 0.15) is 0 Å². The highest BCUT2D eigenvalue weighted by atomic mass is 16.6. The Morgan fingerprint density at radius 2 is 2.21 bits per heavy atom. The first-order valence-corrected chi connectivity index (χ1v) is 7.90. The van der Waals surface area contributed by atoms with Crippen molar-refractivity contribution >= 4 is 23.4 Å². The minimum atomic E-state index is -0.478. The van der Waals surface area contributed by atoms with Gasteiger partial charge in [-0.3, -0.25) is 14.9 Å². The van der Waals surface area contributed by atoms with Crippen molar-refractivity contribution < 1.29 is 19.2 Å². The van der Waals surface area contributed by atoms with Crippen LogP contribution in [0.3, 0.4) is 0 Å². The molecule has 0 spiro atoms. The third-order valence-electron chi connectivity index (χ3n) is 4.08. The van der Waals surface area contributed by atoms with Crippen molar-refractivity contribution in [2.24, 2.45) is 5.92 Å². The Kier molecular flexibility index (Phi) is 5.73. The molecule has 24 heavy (non-hydrogen) atoms. The van der Waals surface area contributed by atoms with Crippen LogP contribution in [0.4, 0.5) is 16.2 Å². The SMILES string of the molecule is CCOC(=O)N1CCCC(C(=O)Nc2cccc([N+](=O)[O-])c2C)C1. The average molecular weight is 335 g/mol. The molecular weight excluding hydrogens is 314 g/mol. The highest BCUT2D eigenvalue weighted by Crippen LogP contribution is 2.26. The van der Waals surface area contributed by atoms with E-state index in [0.29, 0.717) is 43.8 Å². The molecule has 1 unspecified atom stereocenters. The largest absolute Gasteiger partial charge is 0.450 e. The molecular formula is C16H21N3O5. The van der Waals surface area contributed by atoms with E-state index in [1.165, 1.54) is 17.0 Å². The lowest BCUT2D eigenvalue weighted by atomic mass is 9.97. The van der Waals surface area contributed by atoms with Crippen LogP contribution >= 0.6 is 0 Å². The average Bonchev–Trinajstić information content (AvgIpc) is 2.56. The van der Waals surface area contributed by atoms with E-state index in [1.54, 1.807) is 19.9 Å². The van der Waals surface area contributed by atoms with Gasteiger partial charge < -0.3 is 15.0 Å². The number of amides is 2. The van der Waals surface area contributed by atoms with Crippen LogP contribution in [0.25, 0.3) is 0 Å². The second-order valence-electron chi connectivity index (χ2n) is 5.68. The van der Waals surface area contributed by atoms with Crippen LogP contribution in [0.15, 0.2) is 18.2 Å². The molecule has 8 nitrogen and oxygen atoms in total. The fourth-order valence-electron chi connectivity index (χ4n) is 2.76. The number of likely N-dealkylation sites (tertiary alicyclic amines) is 1. The molecule has 2 rings (SSSR count). The molecule has 0 aromatic heterocycles. The Bertz CT molecular complexity index is 647. The number of ether oxygens (including phenoxy) is 1. The normalized spacial score (nSPS) is 17.2. The van der Waals surface area contributed by atoms with Gasteiger partial charge in [0, 0.05) is 19.2 Å². The Morgan fingerprint density at radius 3 is 2.88 bits per heavy atom. The van der Waals surface area contributed by atoms with Crippen molar-refractivity contribution in [2.45, 2.75) is 26.7 Å². The predicted octanol–water partition coefficient (Wildman–Crippen LogP) is 2.71. The van der Waals surface area contributed by atoms with Crippen molar-refractivity contribution in [3.8, 4) is 0 Å². The van der Waals surface area contributed by atoms with E-state index in [2.05, 4.69) is 5.32 Å². The number of piperidine rings is 1. The minimum Gasteiger partial charge on any atom is -0.450 e. The molecule has 1 atom stereocenters. The molecule has 1 aliphatic heterocycles. The summed E-state index contributed by atoms with van der Waals surface area (Å²) in [6.45, 7) is 4.48. The van der Waals surface area contributed by atoms with Gasteiger partial charge in [0.05, 0.1) is 28.7 Å². The molecule has 0 saturated carbocycles. The first-order valence-electron chi connectivity index (χ1n) is 7.90. The van der Waals surface area contributed by atoms with Gasteiger partial charge in [-0.25, -0.2) is 4.79 Å². The topological polar surface area (TPSA) is 102 Å². The van der Waals surface area contributed by atoms with Gasteiger partial charge in [-0.15, -0.1) is 0 Å². The molecule has 2 amide bonds. The Balaban J connectivity index is 2.06. The van der Waals surface area contributed by atoms with Gasteiger partial charge in [0.25, 0.3) is 5.69 Å². The van der Waals surface area contributed by atoms with Crippen molar-refractivity contribution in [3.05, 3.63) is 33.9 Å². The summed E-state index contributed by atoms with van der Waals surface area (Å²) >= 11 is 0. The summed E-state index contributed by atoms with van der Waals surface area (Å²) in [6.07, 6.45) is 0.960. The molecule has 8 heteroatoms. The molecule has 1 heterocycles. The zero-order valence-electron chi connectivity index (χ0n) is 13.8. The van der Waals surface area contributed by atoms with Crippen molar-refractivity contribution in [1.29, 1.82) is 0 Å². The molecule has 1 saturated heterocycles. The quantitative estimate of drug-likeness (QED) is 0.673. The monoisotopic (exact) mass is 335 g/mol. The van der Waals surface area contributed by atoms with Gasteiger partial charge in [-0.2, -0.15) is 0 Å². The number of nitrogens with zero attached hydrogens (tertiary/aromatic N) is 2. The molecule has 1 aromatic rings. The highest BCUT2D eigenvalue weighted by Gasteiger charge is 2.29. The van der Waals surface area contributed by atoms with E-state index in [0.717, 1.165) is 0 Å². The number of benzene rings is 1. The fourth-order valence-corrected chi connectivity index (χ4v) is 2.76. The van der Waals surface area contributed by atoms with Crippen LogP contribution in [0, 0.1) is 23.0 Å². The van der Waals surface area contributed by atoms with E-state index in [4.69, 9.17) is 4.74 Å². The molecule has 0 radical (unpaired) electrons. The summed E-state index contributed by atoms with van der Waals surface area (Å²) < 4.78 is 4.97. The number of nitrogens with one attached hydrogen (secondary N) is 1. The van der Waals surface area contributed by atoms with Crippen LogP contribution in [-0.4, -0.2) is 41.5 Å². The second-order valence-corrected chi connectivity index (χ2v) is 5.68. The number of hydrogen-bond acceptors (Lipinski definition) is 5. The Hall–Kier alpha value is -2.64. The number of nitro groups is 1. The summed E-state index contributed by atoms with van der Waals surface area (Å²) in [5, 5.41) is 13.7. The molecule has 130 valence electrons. The second kappa shape index (κ2) is 7.76. The molecule has 1 aromatic carbocycles. The number of anilines is 1. The zero-order valence-corrected chi connectivity index (χ0v) is 13.8. The maximum Gasteiger partial charge on any atom is 0.409 e. The highest BCUT2D eigenvalue weighted by molar-refractivity contribution is 5.94. The van der Waals surface area contributed by atoms with E-state index in [9.17, 15) is 19.7 Å². The van der Waals surface area contributed by atoms with Crippen molar-refractivity contribution in [2.75, 3.05) is 25.0 Å². The summed E-state index contributed by atoms with van der Waals surface area (Å²) in [6, 6.07) is 4.56. The molecule has 1 fully saturated rings. The molecule has 0 aliphatic carbocycles. The van der Waals surface area contributed by atoms with E-state index in [-0.39, 0.29) is 17.5 Å². The first kappa shape index (κ1) is 17.7. The minimum absolute atomic E-state index is 0.0374. The van der Waals surface area contributed by atoms with Gasteiger partial charge >= 0.3 is 6.09 Å². The first-order chi connectivity index (χ1) is 11.4. The number of carbonyl (C=O) groups is 2. The lowest BCUT2D eigenvalue weighted by molar-refractivity contribution is -0.385. The van der Waals surface area contributed by atoms with E-state index in [1.807, 2.05) is 0 Å². The maximum atomic E-state index is 12.5. The Morgan fingerprint density at radius 1 is 1.46 bits per heavy atom. The predicted molar refractivity (Wildman–Crippen MR) is 87.8 cm³/mol. The van der Waals surface area contributed by atoms with Gasteiger partial charge in [0.15, 0.2) is 0 Å². The standard InChI is InChI=1S/C16H21N3O5/c1-3-24-16(21)18-9-5-6-12(10-18)15(20)17-13-7-4-8-14(11(13)2)19(22)23/h4,7-8,12H,3,5-6,9-10H2,1-2H3,(H,17,20). The van der Waals surface area contributed by atoms with Crippen LogP contribution < -0.4 is 5.32 Å². The summed E-state index contributed by atoms with van der Waals surface area (Å²) in [5.41, 5.74) is 0.793. The third kappa shape index (κ3) is 4.01. The molecule has 1 N–H and O–H groups in total. The van der Waals surface area contributed by atoms with Crippen LogP contribution in [-0.2, 0) is 9.53 Å². The van der Waals surface area contributed by atoms with Crippen molar-refractivity contribution in [1.82, 2.24) is 4.90 Å². The van der Waals surface area contributed by atoms with Gasteiger partial charge in [-0.05, 0) is 32.8 Å². The number of nitro benzene ring substituents is 1. The summed E-state index contributed by atoms with van der Waals surface area (Å²) in [5.74, 6) is -0.602. The smallest absolute Gasteiger partial charge is 0.409 e. The summed E-state index contributed by atoms with van der Waals surface area (Å²) in [7, 11) is 0. The maximum absolute atomic E-state index is 12.5. The number of carbonyl (C=O) groups excluding carboxylic acids is 2. The van der Waals surface area contributed by atoms with Crippen molar-refractivity contribution in [3.63, 3.8) is 0 Å². The fraction of sp³-hybridized carbons (Fsp3) is 0.500. The molecule has 1 aliphatic rings. The lowest BCUT2D eigenvalue weighted by Crippen LogP contribution is -2.44. The third-order valence-corrected chi connectivity index (χ3v) is 4.08. The van der Waals surface area contributed by atoms with Crippen LogP contribution in [0.5, 0.6) is 0 Å². The number of hydrogen-bond donors (Lipinski definition) is 1. The zero-order chi connectivity index (χ0) is 17.7. The lowest BCUT2D eigenvalue weighted by Gasteiger charge is -2.31. The van der Waals surface area contributed by atoms with Gasteiger partial charge in [-0.1, -0.05) is 6.07 Å². The van der Waals surface area contributed by atoms with Crippen LogP contribution in [0.1, 0.15) is 25.3 Å². The van der Waals surface area contributed by atoms with Crippen LogP contribution in [0.2, 0.25) is 0 Å². The van der Waals surface area contributed by atoms with E-state index >= 15 is 0 Å². The van der Waals surface area contributed by atoms with Gasteiger partial charge in [0.2, 0.25) is 5.91 Å². The summed E-state index contributed by atoms with van der Waals surface area (Å²) in [4.78, 5) is 36.3. The number of rotatable bonds is 4. The Labute approximate surface area is 139 Å². The van der Waals surface area contributed by atoms with E-state index < -0.39 is 11.0 Å². The molecule has 0 bridgehead atoms.